The van der Waals surface area contributed by atoms with Crippen LogP contribution >= 0.6 is 0 Å². The van der Waals surface area contributed by atoms with Crippen LogP contribution in [0.25, 0.3) is 0 Å². The van der Waals surface area contributed by atoms with Crippen LogP contribution in [0.4, 0.5) is 0 Å². The fraction of sp³-hybridized carbons (Fsp3) is 0.462. The van der Waals surface area contributed by atoms with Crippen LogP contribution in [0.1, 0.15) is 18.4 Å². The van der Waals surface area contributed by atoms with Crippen LogP contribution in [0.5, 0.6) is 5.75 Å². The first-order valence-corrected chi connectivity index (χ1v) is 6.02. The minimum absolute atomic E-state index is 0.135. The number of amides is 1. The molecule has 4 nitrogen and oxygen atoms in total. The normalized spacial score (nSPS) is 14.4. The Morgan fingerprint density at radius 3 is 3.06 bits per heavy atom. The minimum atomic E-state index is 0.135. The molecule has 1 amide bonds. The Kier molecular flexibility index (Phi) is 3.98. The van der Waals surface area contributed by atoms with Gasteiger partial charge >= 0.3 is 0 Å². The molecule has 0 radical (unpaired) electrons. The highest BCUT2D eigenvalue weighted by Gasteiger charge is 2.23. The van der Waals surface area contributed by atoms with Crippen molar-refractivity contribution in [1.82, 2.24) is 5.32 Å². The number of nitrogens with two attached hydrogens (primary N) is 1. The number of carbonyl (C=O) groups is 1. The van der Waals surface area contributed by atoms with Crippen molar-refractivity contribution >= 4 is 5.91 Å². The van der Waals surface area contributed by atoms with E-state index in [1.54, 1.807) is 7.11 Å². The van der Waals surface area contributed by atoms with Crippen molar-refractivity contribution in [3.63, 3.8) is 0 Å². The third-order valence-corrected chi connectivity index (χ3v) is 2.79. The first-order chi connectivity index (χ1) is 8.28. The molecule has 0 bridgehead atoms. The van der Waals surface area contributed by atoms with Gasteiger partial charge in [0.25, 0.3) is 5.91 Å². The summed E-state index contributed by atoms with van der Waals surface area (Å²) >= 11 is 0. The van der Waals surface area contributed by atoms with Gasteiger partial charge in [-0.05, 0) is 25.0 Å². The quantitative estimate of drug-likeness (QED) is 0.731. The largest absolute Gasteiger partial charge is 0.497 e. The second-order valence-corrected chi connectivity index (χ2v) is 4.39. The number of methoxy groups -OCH3 is 1. The summed E-state index contributed by atoms with van der Waals surface area (Å²) in [7, 11) is 1.66. The smallest absolute Gasteiger partial charge is 0.275 e. The lowest BCUT2D eigenvalue weighted by atomic mass is 10.2. The number of rotatable bonds is 6. The number of benzene rings is 1. The summed E-state index contributed by atoms with van der Waals surface area (Å²) in [6.07, 6.45) is 2.28. The standard InChI is InChI=1S/C13H18N2O2/c1-17-12-4-2-3-10(7-12)8-14-9-13(16)15-11-5-6-11/h2-4,7,11,14H,5-6,8-9H2,1H3,(H,15,16)/p+1. The number of hydrogen-bond donors (Lipinski definition) is 2. The molecule has 0 spiro atoms. The van der Waals surface area contributed by atoms with Crippen LogP contribution in [0, 0.1) is 0 Å². The predicted octanol–water partition coefficient (Wildman–Crippen LogP) is 0.0372. The molecule has 0 heterocycles. The summed E-state index contributed by atoms with van der Waals surface area (Å²) < 4.78 is 5.15. The molecule has 3 N–H and O–H groups in total. The average molecular weight is 235 g/mol. The summed E-state index contributed by atoms with van der Waals surface area (Å²) in [6, 6.07) is 8.37. The minimum Gasteiger partial charge on any atom is -0.497 e. The lowest BCUT2D eigenvalue weighted by Crippen LogP contribution is -2.85. The van der Waals surface area contributed by atoms with Crippen molar-refractivity contribution in [2.75, 3.05) is 13.7 Å². The van der Waals surface area contributed by atoms with Gasteiger partial charge in [-0.15, -0.1) is 0 Å². The van der Waals surface area contributed by atoms with Crippen LogP contribution in [-0.2, 0) is 11.3 Å². The molecule has 0 atom stereocenters. The second-order valence-electron chi connectivity index (χ2n) is 4.39. The van der Waals surface area contributed by atoms with Crippen molar-refractivity contribution in [3.05, 3.63) is 29.8 Å². The summed E-state index contributed by atoms with van der Waals surface area (Å²) in [5.74, 6) is 0.994. The highest BCUT2D eigenvalue weighted by molar-refractivity contribution is 5.77. The number of quaternary nitrogens is 1. The molecular formula is C13H19N2O2+. The van der Waals surface area contributed by atoms with Gasteiger partial charge in [0.15, 0.2) is 6.54 Å². The molecule has 0 aliphatic heterocycles. The van der Waals surface area contributed by atoms with E-state index < -0.39 is 0 Å². The molecule has 1 aliphatic carbocycles. The van der Waals surface area contributed by atoms with E-state index in [9.17, 15) is 4.79 Å². The summed E-state index contributed by atoms with van der Waals surface area (Å²) in [4.78, 5) is 11.4. The SMILES string of the molecule is COc1cccc(C[NH2+]CC(=O)NC2CC2)c1. The van der Waals surface area contributed by atoms with Gasteiger partial charge in [-0.2, -0.15) is 0 Å². The topological polar surface area (TPSA) is 54.9 Å². The van der Waals surface area contributed by atoms with Crippen molar-refractivity contribution < 1.29 is 14.8 Å². The Labute approximate surface area is 101 Å². The Hall–Kier alpha value is -1.55. The third kappa shape index (κ3) is 4.07. The number of hydrogen-bond acceptors (Lipinski definition) is 2. The zero-order chi connectivity index (χ0) is 12.1. The zero-order valence-corrected chi connectivity index (χ0v) is 10.1. The van der Waals surface area contributed by atoms with E-state index in [0.717, 1.165) is 25.1 Å². The van der Waals surface area contributed by atoms with Crippen LogP contribution in [0.3, 0.4) is 0 Å². The van der Waals surface area contributed by atoms with Gasteiger partial charge < -0.3 is 15.4 Å². The van der Waals surface area contributed by atoms with Crippen molar-refractivity contribution in [2.45, 2.75) is 25.4 Å². The molecule has 92 valence electrons. The van der Waals surface area contributed by atoms with E-state index in [-0.39, 0.29) is 5.91 Å². The highest BCUT2D eigenvalue weighted by Crippen LogP contribution is 2.18. The molecule has 4 heteroatoms. The molecule has 2 rings (SSSR count). The van der Waals surface area contributed by atoms with E-state index in [0.29, 0.717) is 12.6 Å². The molecule has 1 saturated carbocycles. The summed E-state index contributed by atoms with van der Waals surface area (Å²) in [5, 5.41) is 4.97. The second kappa shape index (κ2) is 5.68. The Morgan fingerprint density at radius 2 is 2.35 bits per heavy atom. The van der Waals surface area contributed by atoms with Gasteiger partial charge in [-0.25, -0.2) is 0 Å². The van der Waals surface area contributed by atoms with Crippen LogP contribution in [0.15, 0.2) is 24.3 Å². The van der Waals surface area contributed by atoms with Crippen molar-refractivity contribution in [3.8, 4) is 5.75 Å². The van der Waals surface area contributed by atoms with Gasteiger partial charge in [0.2, 0.25) is 0 Å². The molecule has 1 fully saturated rings. The highest BCUT2D eigenvalue weighted by atomic mass is 16.5. The summed E-state index contributed by atoms with van der Waals surface area (Å²) in [5.41, 5.74) is 1.17. The number of carbonyl (C=O) groups excluding carboxylic acids is 1. The number of ether oxygens (including phenoxy) is 1. The van der Waals surface area contributed by atoms with E-state index in [4.69, 9.17) is 4.74 Å². The van der Waals surface area contributed by atoms with Gasteiger partial charge in [-0.1, -0.05) is 12.1 Å². The molecule has 1 aromatic carbocycles. The van der Waals surface area contributed by atoms with Crippen LogP contribution < -0.4 is 15.4 Å². The van der Waals surface area contributed by atoms with E-state index in [1.807, 2.05) is 29.6 Å². The molecule has 0 saturated heterocycles. The lowest BCUT2D eigenvalue weighted by molar-refractivity contribution is -0.660. The number of nitrogens with one attached hydrogen (secondary N) is 1. The summed E-state index contributed by atoms with van der Waals surface area (Å²) in [6.45, 7) is 1.29. The van der Waals surface area contributed by atoms with Gasteiger partial charge in [-0.3, -0.25) is 4.79 Å². The molecule has 1 aliphatic rings. The van der Waals surface area contributed by atoms with Crippen LogP contribution in [0.2, 0.25) is 0 Å². The Bertz CT molecular complexity index is 389. The average Bonchev–Trinajstić information content (AvgIpc) is 3.13. The first kappa shape index (κ1) is 11.9. The monoisotopic (exact) mass is 235 g/mol. The van der Waals surface area contributed by atoms with Gasteiger partial charge in [0, 0.05) is 11.6 Å². The first-order valence-electron chi connectivity index (χ1n) is 6.02. The molecule has 0 unspecified atom stereocenters. The maximum Gasteiger partial charge on any atom is 0.275 e. The maximum absolute atomic E-state index is 11.4. The predicted molar refractivity (Wildman–Crippen MR) is 64.7 cm³/mol. The fourth-order valence-electron chi connectivity index (χ4n) is 1.68. The van der Waals surface area contributed by atoms with Crippen molar-refractivity contribution in [2.24, 2.45) is 0 Å². The Morgan fingerprint density at radius 1 is 1.53 bits per heavy atom. The van der Waals surface area contributed by atoms with Gasteiger partial charge in [0.05, 0.1) is 7.11 Å². The third-order valence-electron chi connectivity index (χ3n) is 2.79. The maximum atomic E-state index is 11.4. The van der Waals surface area contributed by atoms with Crippen LogP contribution in [-0.4, -0.2) is 25.6 Å². The zero-order valence-electron chi connectivity index (χ0n) is 10.1. The van der Waals surface area contributed by atoms with E-state index in [1.165, 1.54) is 5.56 Å². The molecule has 1 aromatic rings. The lowest BCUT2D eigenvalue weighted by Gasteiger charge is -2.04. The Balaban J connectivity index is 1.71. The molecule has 0 aromatic heterocycles. The molecule has 17 heavy (non-hydrogen) atoms. The van der Waals surface area contributed by atoms with Gasteiger partial charge in [0.1, 0.15) is 12.3 Å². The molecular weight excluding hydrogens is 216 g/mol. The van der Waals surface area contributed by atoms with Crippen molar-refractivity contribution in [1.29, 1.82) is 0 Å². The van der Waals surface area contributed by atoms with E-state index >= 15 is 0 Å². The van der Waals surface area contributed by atoms with E-state index in [2.05, 4.69) is 5.32 Å². The fourth-order valence-corrected chi connectivity index (χ4v) is 1.68.